The van der Waals surface area contributed by atoms with E-state index in [4.69, 9.17) is 5.11 Å². The number of thioether (sulfide) groups is 1. The van der Waals surface area contributed by atoms with E-state index >= 15 is 0 Å². The third-order valence-corrected chi connectivity index (χ3v) is 3.99. The normalized spacial score (nSPS) is 16.0. The first-order valence-corrected chi connectivity index (χ1v) is 7.40. The SMILES string of the molecule is O=C(O)CSCCNC(=O)CCC1CCCC1. The van der Waals surface area contributed by atoms with E-state index in [1.807, 2.05) is 0 Å². The first-order valence-electron chi connectivity index (χ1n) is 6.24. The Bertz CT molecular complexity index is 252. The second kappa shape index (κ2) is 8.39. The molecule has 5 heteroatoms. The summed E-state index contributed by atoms with van der Waals surface area (Å²) < 4.78 is 0. The zero-order valence-corrected chi connectivity index (χ0v) is 10.9. The Morgan fingerprint density at radius 2 is 2.00 bits per heavy atom. The van der Waals surface area contributed by atoms with E-state index in [9.17, 15) is 9.59 Å². The highest BCUT2D eigenvalue weighted by Crippen LogP contribution is 2.28. The summed E-state index contributed by atoms with van der Waals surface area (Å²) in [5.41, 5.74) is 0. The van der Waals surface area contributed by atoms with Gasteiger partial charge in [-0.2, -0.15) is 0 Å². The Morgan fingerprint density at radius 1 is 1.29 bits per heavy atom. The van der Waals surface area contributed by atoms with Crippen LogP contribution in [0.25, 0.3) is 0 Å². The fourth-order valence-corrected chi connectivity index (χ4v) is 2.71. The second-order valence-corrected chi connectivity index (χ2v) is 5.59. The third-order valence-electron chi connectivity index (χ3n) is 3.05. The van der Waals surface area contributed by atoms with Crippen LogP contribution in [0.4, 0.5) is 0 Å². The van der Waals surface area contributed by atoms with Gasteiger partial charge in [-0.1, -0.05) is 25.7 Å². The molecule has 0 spiro atoms. The Hall–Kier alpha value is -0.710. The van der Waals surface area contributed by atoms with Crippen molar-refractivity contribution in [3.63, 3.8) is 0 Å². The fourth-order valence-electron chi connectivity index (χ4n) is 2.14. The van der Waals surface area contributed by atoms with E-state index in [-0.39, 0.29) is 11.7 Å². The zero-order valence-electron chi connectivity index (χ0n) is 10.1. The predicted octanol–water partition coefficient (Wildman–Crippen LogP) is 1.89. The van der Waals surface area contributed by atoms with Crippen LogP contribution in [0.5, 0.6) is 0 Å². The van der Waals surface area contributed by atoms with Gasteiger partial charge in [0.15, 0.2) is 0 Å². The van der Waals surface area contributed by atoms with Crippen LogP contribution in [0.3, 0.4) is 0 Å². The molecule has 0 saturated heterocycles. The molecule has 0 bridgehead atoms. The molecule has 1 amide bonds. The smallest absolute Gasteiger partial charge is 0.313 e. The molecular formula is C12H21NO3S. The molecule has 0 aliphatic heterocycles. The molecule has 17 heavy (non-hydrogen) atoms. The maximum Gasteiger partial charge on any atom is 0.313 e. The van der Waals surface area contributed by atoms with Crippen molar-refractivity contribution in [3.8, 4) is 0 Å². The second-order valence-electron chi connectivity index (χ2n) is 4.49. The van der Waals surface area contributed by atoms with E-state index in [1.165, 1.54) is 37.4 Å². The topological polar surface area (TPSA) is 66.4 Å². The van der Waals surface area contributed by atoms with Crippen LogP contribution in [0.2, 0.25) is 0 Å². The number of hydrogen-bond donors (Lipinski definition) is 2. The molecular weight excluding hydrogens is 238 g/mol. The monoisotopic (exact) mass is 259 g/mol. The summed E-state index contributed by atoms with van der Waals surface area (Å²) in [6.07, 6.45) is 6.82. The Balaban J connectivity index is 1.92. The number of carbonyl (C=O) groups is 2. The van der Waals surface area contributed by atoms with Crippen LogP contribution in [0.1, 0.15) is 38.5 Å². The van der Waals surface area contributed by atoms with Crippen molar-refractivity contribution in [2.24, 2.45) is 5.92 Å². The number of carbonyl (C=O) groups excluding carboxylic acids is 1. The summed E-state index contributed by atoms with van der Waals surface area (Å²) in [6, 6.07) is 0. The lowest BCUT2D eigenvalue weighted by Crippen LogP contribution is -2.26. The molecule has 0 heterocycles. The molecule has 0 unspecified atom stereocenters. The van der Waals surface area contributed by atoms with Crippen LogP contribution in [-0.2, 0) is 9.59 Å². The summed E-state index contributed by atoms with van der Waals surface area (Å²) in [5, 5.41) is 11.2. The van der Waals surface area contributed by atoms with E-state index in [2.05, 4.69) is 5.32 Å². The predicted molar refractivity (Wildman–Crippen MR) is 69.2 cm³/mol. The van der Waals surface area contributed by atoms with Crippen molar-refractivity contribution in [2.45, 2.75) is 38.5 Å². The molecule has 0 radical (unpaired) electrons. The quantitative estimate of drug-likeness (QED) is 0.653. The average molecular weight is 259 g/mol. The summed E-state index contributed by atoms with van der Waals surface area (Å²) in [4.78, 5) is 21.7. The van der Waals surface area contributed by atoms with Crippen LogP contribution in [-0.4, -0.2) is 35.0 Å². The summed E-state index contributed by atoms with van der Waals surface area (Å²) in [6.45, 7) is 0.571. The van der Waals surface area contributed by atoms with Gasteiger partial charge >= 0.3 is 5.97 Å². The van der Waals surface area contributed by atoms with E-state index in [0.29, 0.717) is 18.7 Å². The lowest BCUT2D eigenvalue weighted by atomic mass is 10.0. The van der Waals surface area contributed by atoms with Gasteiger partial charge in [0, 0.05) is 18.7 Å². The van der Waals surface area contributed by atoms with Crippen LogP contribution < -0.4 is 5.32 Å². The molecule has 2 N–H and O–H groups in total. The molecule has 1 aliphatic carbocycles. The van der Waals surface area contributed by atoms with Gasteiger partial charge in [0.2, 0.25) is 5.91 Å². The molecule has 1 saturated carbocycles. The van der Waals surface area contributed by atoms with E-state index < -0.39 is 5.97 Å². The largest absolute Gasteiger partial charge is 0.481 e. The van der Waals surface area contributed by atoms with Gasteiger partial charge in [-0.3, -0.25) is 9.59 Å². The average Bonchev–Trinajstić information content (AvgIpc) is 2.78. The Labute approximate surface area is 107 Å². The maximum absolute atomic E-state index is 11.5. The number of nitrogens with one attached hydrogen (secondary N) is 1. The molecule has 1 aliphatic rings. The minimum Gasteiger partial charge on any atom is -0.481 e. The molecule has 4 nitrogen and oxygen atoms in total. The highest BCUT2D eigenvalue weighted by Gasteiger charge is 2.15. The molecule has 0 aromatic carbocycles. The van der Waals surface area contributed by atoms with Crippen molar-refractivity contribution in [2.75, 3.05) is 18.1 Å². The first kappa shape index (κ1) is 14.4. The summed E-state index contributed by atoms with van der Waals surface area (Å²) in [7, 11) is 0. The molecule has 1 rings (SSSR count). The fraction of sp³-hybridized carbons (Fsp3) is 0.833. The number of rotatable bonds is 8. The standard InChI is InChI=1S/C12H21NO3S/c14-11(6-5-10-3-1-2-4-10)13-7-8-17-9-12(15)16/h10H,1-9H2,(H,13,14)(H,15,16). The van der Waals surface area contributed by atoms with Crippen LogP contribution in [0, 0.1) is 5.92 Å². The highest BCUT2D eigenvalue weighted by atomic mass is 32.2. The van der Waals surface area contributed by atoms with Gasteiger partial charge in [0.1, 0.15) is 0 Å². The number of aliphatic carboxylic acids is 1. The minimum atomic E-state index is -0.803. The van der Waals surface area contributed by atoms with E-state index in [1.54, 1.807) is 0 Å². The molecule has 1 fully saturated rings. The van der Waals surface area contributed by atoms with Crippen LogP contribution >= 0.6 is 11.8 Å². The highest BCUT2D eigenvalue weighted by molar-refractivity contribution is 7.99. The van der Waals surface area contributed by atoms with Gasteiger partial charge in [-0.25, -0.2) is 0 Å². The Morgan fingerprint density at radius 3 is 2.65 bits per heavy atom. The zero-order chi connectivity index (χ0) is 12.5. The van der Waals surface area contributed by atoms with Crippen molar-refractivity contribution < 1.29 is 14.7 Å². The Kier molecular flexibility index (Phi) is 7.08. The molecule has 0 aromatic heterocycles. The summed E-state index contributed by atoms with van der Waals surface area (Å²) >= 11 is 1.33. The first-order chi connectivity index (χ1) is 8.18. The van der Waals surface area contributed by atoms with E-state index in [0.717, 1.165) is 12.3 Å². The molecule has 98 valence electrons. The molecule has 0 atom stereocenters. The number of carboxylic acid groups (broad SMARTS) is 1. The van der Waals surface area contributed by atoms with Crippen molar-refractivity contribution in [3.05, 3.63) is 0 Å². The van der Waals surface area contributed by atoms with Gasteiger partial charge in [0.05, 0.1) is 5.75 Å². The minimum absolute atomic E-state index is 0.104. The lowest BCUT2D eigenvalue weighted by molar-refractivity contribution is -0.133. The lowest BCUT2D eigenvalue weighted by Gasteiger charge is -2.08. The van der Waals surface area contributed by atoms with Crippen molar-refractivity contribution >= 4 is 23.6 Å². The number of carboxylic acids is 1. The van der Waals surface area contributed by atoms with Crippen molar-refractivity contribution in [1.82, 2.24) is 5.32 Å². The van der Waals surface area contributed by atoms with Gasteiger partial charge in [-0.15, -0.1) is 11.8 Å². The van der Waals surface area contributed by atoms with Gasteiger partial charge in [-0.05, 0) is 12.3 Å². The van der Waals surface area contributed by atoms with Gasteiger partial charge < -0.3 is 10.4 Å². The molecule has 0 aromatic rings. The number of hydrogen-bond acceptors (Lipinski definition) is 3. The third kappa shape index (κ3) is 7.26. The number of amides is 1. The maximum atomic E-state index is 11.5. The van der Waals surface area contributed by atoms with Crippen LogP contribution in [0.15, 0.2) is 0 Å². The van der Waals surface area contributed by atoms with Gasteiger partial charge in [0.25, 0.3) is 0 Å². The van der Waals surface area contributed by atoms with Crippen molar-refractivity contribution in [1.29, 1.82) is 0 Å². The summed E-state index contributed by atoms with van der Waals surface area (Å²) in [5.74, 6) is 0.830.